The molecule has 0 radical (unpaired) electrons. The Morgan fingerprint density at radius 3 is 2.61 bits per heavy atom. The van der Waals surface area contributed by atoms with Crippen LogP contribution in [0.15, 0.2) is 30.3 Å². The van der Waals surface area contributed by atoms with Crippen molar-refractivity contribution in [2.24, 2.45) is 0 Å². The standard InChI is InChI=1S/C19H28N2O2/c1-2-21-12-6-11-20(16-19(21)9-13-23-14-10-19)18(22)15-17-7-4-3-5-8-17/h3-5,7-8H,2,6,9-16H2,1H3. The highest BCUT2D eigenvalue weighted by atomic mass is 16.5. The number of rotatable bonds is 3. The third kappa shape index (κ3) is 3.75. The summed E-state index contributed by atoms with van der Waals surface area (Å²) >= 11 is 0. The summed E-state index contributed by atoms with van der Waals surface area (Å²) in [6.07, 6.45) is 3.66. The normalized spacial score (nSPS) is 22.0. The molecule has 1 spiro atoms. The molecule has 0 unspecified atom stereocenters. The van der Waals surface area contributed by atoms with Gasteiger partial charge < -0.3 is 9.64 Å². The summed E-state index contributed by atoms with van der Waals surface area (Å²) in [5.41, 5.74) is 1.23. The zero-order valence-corrected chi connectivity index (χ0v) is 14.2. The third-order valence-corrected chi connectivity index (χ3v) is 5.37. The molecule has 1 aromatic carbocycles. The van der Waals surface area contributed by atoms with Crippen LogP contribution in [0.3, 0.4) is 0 Å². The van der Waals surface area contributed by atoms with Gasteiger partial charge in [-0.2, -0.15) is 0 Å². The fourth-order valence-corrected chi connectivity index (χ4v) is 4.04. The number of likely N-dealkylation sites (N-methyl/N-ethyl adjacent to an activating group) is 1. The predicted molar refractivity (Wildman–Crippen MR) is 91.4 cm³/mol. The molecule has 23 heavy (non-hydrogen) atoms. The Bertz CT molecular complexity index is 511. The molecule has 0 aromatic heterocycles. The minimum absolute atomic E-state index is 0.121. The molecule has 2 heterocycles. The van der Waals surface area contributed by atoms with Gasteiger partial charge in [0.15, 0.2) is 0 Å². The maximum absolute atomic E-state index is 12.8. The van der Waals surface area contributed by atoms with Crippen molar-refractivity contribution in [1.82, 2.24) is 9.80 Å². The first-order chi connectivity index (χ1) is 11.2. The summed E-state index contributed by atoms with van der Waals surface area (Å²) in [5.74, 6) is 0.264. The van der Waals surface area contributed by atoms with Crippen LogP contribution in [0.4, 0.5) is 0 Å². The van der Waals surface area contributed by atoms with Gasteiger partial charge in [0, 0.05) is 38.4 Å². The van der Waals surface area contributed by atoms with Gasteiger partial charge in [0.25, 0.3) is 0 Å². The second kappa shape index (κ2) is 7.45. The van der Waals surface area contributed by atoms with Crippen LogP contribution in [0.2, 0.25) is 0 Å². The molecule has 2 aliphatic heterocycles. The van der Waals surface area contributed by atoms with Gasteiger partial charge >= 0.3 is 0 Å². The van der Waals surface area contributed by atoms with Crippen LogP contribution in [0.1, 0.15) is 31.7 Å². The van der Waals surface area contributed by atoms with E-state index in [1.807, 2.05) is 30.3 Å². The Labute approximate surface area is 139 Å². The van der Waals surface area contributed by atoms with Gasteiger partial charge in [-0.15, -0.1) is 0 Å². The van der Waals surface area contributed by atoms with Gasteiger partial charge in [0.2, 0.25) is 5.91 Å². The Balaban J connectivity index is 1.73. The van der Waals surface area contributed by atoms with Crippen molar-refractivity contribution < 1.29 is 9.53 Å². The molecular formula is C19H28N2O2. The van der Waals surface area contributed by atoms with Crippen LogP contribution < -0.4 is 0 Å². The smallest absolute Gasteiger partial charge is 0.227 e. The monoisotopic (exact) mass is 316 g/mol. The van der Waals surface area contributed by atoms with Crippen LogP contribution >= 0.6 is 0 Å². The number of amides is 1. The topological polar surface area (TPSA) is 32.8 Å². The lowest BCUT2D eigenvalue weighted by Gasteiger charge is -2.46. The molecular weight excluding hydrogens is 288 g/mol. The maximum Gasteiger partial charge on any atom is 0.227 e. The van der Waals surface area contributed by atoms with Crippen molar-refractivity contribution in [3.05, 3.63) is 35.9 Å². The first-order valence-electron chi connectivity index (χ1n) is 8.88. The van der Waals surface area contributed by atoms with Gasteiger partial charge in [-0.05, 0) is 31.4 Å². The highest BCUT2D eigenvalue weighted by Crippen LogP contribution is 2.31. The van der Waals surface area contributed by atoms with Crippen molar-refractivity contribution >= 4 is 5.91 Å². The lowest BCUT2D eigenvalue weighted by molar-refractivity contribution is -0.133. The molecule has 1 amide bonds. The summed E-state index contributed by atoms with van der Waals surface area (Å²) in [6, 6.07) is 10.1. The van der Waals surface area contributed by atoms with Gasteiger partial charge in [-0.25, -0.2) is 0 Å². The highest BCUT2D eigenvalue weighted by Gasteiger charge is 2.41. The fraction of sp³-hybridized carbons (Fsp3) is 0.632. The second-order valence-electron chi connectivity index (χ2n) is 6.75. The number of benzene rings is 1. The van der Waals surface area contributed by atoms with Crippen LogP contribution in [-0.2, 0) is 16.0 Å². The molecule has 0 atom stereocenters. The van der Waals surface area contributed by atoms with Crippen molar-refractivity contribution in [2.45, 2.75) is 38.1 Å². The molecule has 0 aliphatic carbocycles. The van der Waals surface area contributed by atoms with Crippen LogP contribution in [-0.4, -0.2) is 60.6 Å². The van der Waals surface area contributed by atoms with Gasteiger partial charge in [-0.3, -0.25) is 9.69 Å². The lowest BCUT2D eigenvalue weighted by Crippen LogP contribution is -2.57. The Kier molecular flexibility index (Phi) is 5.34. The van der Waals surface area contributed by atoms with E-state index in [4.69, 9.17) is 4.74 Å². The van der Waals surface area contributed by atoms with E-state index in [9.17, 15) is 4.79 Å². The minimum atomic E-state index is 0.121. The molecule has 0 N–H and O–H groups in total. The van der Waals surface area contributed by atoms with Crippen molar-refractivity contribution in [3.8, 4) is 0 Å². The van der Waals surface area contributed by atoms with E-state index in [-0.39, 0.29) is 11.4 Å². The number of nitrogens with zero attached hydrogens (tertiary/aromatic N) is 2. The largest absolute Gasteiger partial charge is 0.381 e. The molecule has 2 fully saturated rings. The Morgan fingerprint density at radius 1 is 1.17 bits per heavy atom. The van der Waals surface area contributed by atoms with E-state index < -0.39 is 0 Å². The SMILES string of the molecule is CCN1CCCN(C(=O)Cc2ccccc2)CC12CCOCC2. The van der Waals surface area contributed by atoms with Crippen LogP contribution in [0, 0.1) is 0 Å². The lowest BCUT2D eigenvalue weighted by atomic mass is 9.87. The van der Waals surface area contributed by atoms with Crippen molar-refractivity contribution in [2.75, 3.05) is 39.4 Å². The maximum atomic E-state index is 12.8. The predicted octanol–water partition coefficient (Wildman–Crippen LogP) is 2.33. The number of carbonyl (C=O) groups excluding carboxylic acids is 1. The molecule has 4 heteroatoms. The molecule has 0 saturated carbocycles. The van der Waals surface area contributed by atoms with Gasteiger partial charge in [-0.1, -0.05) is 37.3 Å². The quantitative estimate of drug-likeness (QED) is 0.858. The fourth-order valence-electron chi connectivity index (χ4n) is 4.04. The third-order valence-electron chi connectivity index (χ3n) is 5.37. The number of ether oxygens (including phenoxy) is 1. The van der Waals surface area contributed by atoms with Gasteiger partial charge in [0.05, 0.1) is 6.42 Å². The van der Waals surface area contributed by atoms with E-state index in [1.54, 1.807) is 0 Å². The average molecular weight is 316 g/mol. The molecule has 2 aliphatic rings. The summed E-state index contributed by atoms with van der Waals surface area (Å²) in [5, 5.41) is 0. The Morgan fingerprint density at radius 2 is 1.91 bits per heavy atom. The molecule has 126 valence electrons. The zero-order chi connectivity index (χ0) is 16.1. The van der Waals surface area contributed by atoms with Crippen LogP contribution in [0.25, 0.3) is 0 Å². The van der Waals surface area contributed by atoms with Crippen molar-refractivity contribution in [3.63, 3.8) is 0 Å². The summed E-state index contributed by atoms with van der Waals surface area (Å²) < 4.78 is 5.59. The average Bonchev–Trinajstić information content (AvgIpc) is 2.76. The minimum Gasteiger partial charge on any atom is -0.381 e. The molecule has 0 bridgehead atoms. The zero-order valence-electron chi connectivity index (χ0n) is 14.2. The van der Waals surface area contributed by atoms with Crippen molar-refractivity contribution in [1.29, 1.82) is 0 Å². The Hall–Kier alpha value is -1.39. The molecule has 1 aromatic rings. The van der Waals surface area contributed by atoms with E-state index in [1.165, 1.54) is 0 Å². The highest BCUT2D eigenvalue weighted by molar-refractivity contribution is 5.79. The van der Waals surface area contributed by atoms with E-state index in [2.05, 4.69) is 16.7 Å². The second-order valence-corrected chi connectivity index (χ2v) is 6.75. The number of hydrogen-bond donors (Lipinski definition) is 0. The summed E-state index contributed by atoms with van der Waals surface area (Å²) in [6.45, 7) is 7.75. The summed E-state index contributed by atoms with van der Waals surface area (Å²) in [7, 11) is 0. The first-order valence-corrected chi connectivity index (χ1v) is 8.88. The van der Waals surface area contributed by atoms with E-state index >= 15 is 0 Å². The molecule has 2 saturated heterocycles. The van der Waals surface area contributed by atoms with E-state index in [0.29, 0.717) is 6.42 Å². The number of carbonyl (C=O) groups is 1. The van der Waals surface area contributed by atoms with E-state index in [0.717, 1.165) is 64.2 Å². The first kappa shape index (κ1) is 16.5. The molecule has 3 rings (SSSR count). The van der Waals surface area contributed by atoms with Gasteiger partial charge in [0.1, 0.15) is 0 Å². The summed E-state index contributed by atoms with van der Waals surface area (Å²) in [4.78, 5) is 17.5. The molecule has 4 nitrogen and oxygen atoms in total. The number of hydrogen-bond acceptors (Lipinski definition) is 3. The van der Waals surface area contributed by atoms with Crippen LogP contribution in [0.5, 0.6) is 0 Å².